The number of para-hydroxylation sites is 1. The maximum absolute atomic E-state index is 6.27. The van der Waals surface area contributed by atoms with Crippen molar-refractivity contribution < 1.29 is 4.42 Å². The molecule has 0 saturated carbocycles. The highest BCUT2D eigenvalue weighted by Gasteiger charge is 2.14. The van der Waals surface area contributed by atoms with Crippen LogP contribution >= 0.6 is 0 Å². The molecule has 4 heteroatoms. The van der Waals surface area contributed by atoms with E-state index in [4.69, 9.17) is 19.4 Å². The summed E-state index contributed by atoms with van der Waals surface area (Å²) in [5.74, 6) is 1.93. The van der Waals surface area contributed by atoms with E-state index in [-0.39, 0.29) is 0 Å². The second-order valence-electron chi connectivity index (χ2n) is 11.7. The van der Waals surface area contributed by atoms with E-state index in [0.29, 0.717) is 17.5 Å². The number of hydrogen-bond donors (Lipinski definition) is 0. The molecule has 220 valence electrons. The van der Waals surface area contributed by atoms with Gasteiger partial charge in [-0.2, -0.15) is 0 Å². The van der Waals surface area contributed by atoms with Crippen molar-refractivity contribution in [1.29, 1.82) is 0 Å². The second-order valence-corrected chi connectivity index (χ2v) is 11.7. The zero-order chi connectivity index (χ0) is 31.2. The minimum absolute atomic E-state index is 0.637. The third-order valence-electron chi connectivity index (χ3n) is 8.75. The van der Waals surface area contributed by atoms with Crippen molar-refractivity contribution >= 4 is 32.7 Å². The molecule has 0 saturated heterocycles. The number of fused-ring (bicyclic) bond motifs is 5. The van der Waals surface area contributed by atoms with Crippen LogP contribution in [0.4, 0.5) is 0 Å². The average molecular weight is 602 g/mol. The van der Waals surface area contributed by atoms with Crippen LogP contribution in [0.5, 0.6) is 0 Å². The Kier molecular flexibility index (Phi) is 6.43. The number of aromatic nitrogens is 3. The first kappa shape index (κ1) is 27.0. The molecule has 0 aliphatic rings. The molecule has 2 heterocycles. The van der Waals surface area contributed by atoms with E-state index in [1.165, 1.54) is 5.56 Å². The van der Waals surface area contributed by atoms with Crippen LogP contribution in [-0.4, -0.2) is 15.0 Å². The van der Waals surface area contributed by atoms with Crippen molar-refractivity contribution in [3.63, 3.8) is 0 Å². The van der Waals surface area contributed by atoms with Crippen molar-refractivity contribution in [2.75, 3.05) is 0 Å². The minimum atomic E-state index is 0.637. The van der Waals surface area contributed by atoms with Gasteiger partial charge < -0.3 is 4.42 Å². The molecule has 0 fully saturated rings. The summed E-state index contributed by atoms with van der Waals surface area (Å²) in [5, 5.41) is 4.54. The third kappa shape index (κ3) is 4.93. The lowest BCUT2D eigenvalue weighted by molar-refractivity contribution is 0.672. The van der Waals surface area contributed by atoms with Gasteiger partial charge in [-0.15, -0.1) is 0 Å². The molecule has 0 unspecified atom stereocenters. The minimum Gasteiger partial charge on any atom is -0.455 e. The van der Waals surface area contributed by atoms with Crippen LogP contribution in [0.15, 0.2) is 168 Å². The molecule has 9 rings (SSSR count). The van der Waals surface area contributed by atoms with Crippen LogP contribution in [0.1, 0.15) is 0 Å². The zero-order valence-corrected chi connectivity index (χ0v) is 25.3. The summed E-state index contributed by atoms with van der Waals surface area (Å²) < 4.78 is 6.27. The average Bonchev–Trinajstić information content (AvgIpc) is 3.55. The summed E-state index contributed by atoms with van der Waals surface area (Å²) in [6.07, 6.45) is 0. The van der Waals surface area contributed by atoms with Crippen molar-refractivity contribution in [1.82, 2.24) is 15.0 Å². The van der Waals surface area contributed by atoms with Gasteiger partial charge in [0.05, 0.1) is 0 Å². The molecule has 0 spiro atoms. The molecule has 9 aromatic rings. The predicted molar refractivity (Wildman–Crippen MR) is 192 cm³/mol. The summed E-state index contributed by atoms with van der Waals surface area (Å²) >= 11 is 0. The standard InChI is InChI=1S/C43H27N3O/c1-3-9-28(10-4-1)29-15-19-32(20-16-29)42-44-41(31-11-5-2-6-12-31)45-43(46-42)33-21-17-30(18-22-33)34-23-25-36-35(27-34)24-26-38-37-13-7-8-14-39(37)47-40(36)38/h1-27H. The highest BCUT2D eigenvalue weighted by atomic mass is 16.3. The fourth-order valence-corrected chi connectivity index (χ4v) is 6.30. The van der Waals surface area contributed by atoms with E-state index < -0.39 is 0 Å². The van der Waals surface area contributed by atoms with Crippen LogP contribution in [0.2, 0.25) is 0 Å². The quantitative estimate of drug-likeness (QED) is 0.197. The van der Waals surface area contributed by atoms with Crippen LogP contribution in [-0.2, 0) is 0 Å². The lowest BCUT2D eigenvalue weighted by Gasteiger charge is -2.10. The van der Waals surface area contributed by atoms with E-state index >= 15 is 0 Å². The van der Waals surface area contributed by atoms with Gasteiger partial charge in [0.15, 0.2) is 17.5 Å². The highest BCUT2D eigenvalue weighted by Crippen LogP contribution is 2.36. The number of nitrogens with zero attached hydrogens (tertiary/aromatic N) is 3. The van der Waals surface area contributed by atoms with Gasteiger partial charge in [0.2, 0.25) is 0 Å². The topological polar surface area (TPSA) is 51.8 Å². The van der Waals surface area contributed by atoms with Gasteiger partial charge in [0.1, 0.15) is 11.2 Å². The van der Waals surface area contributed by atoms with Crippen molar-refractivity contribution in [2.45, 2.75) is 0 Å². The molecule has 0 amide bonds. The van der Waals surface area contributed by atoms with Gasteiger partial charge >= 0.3 is 0 Å². The first-order chi connectivity index (χ1) is 23.3. The third-order valence-corrected chi connectivity index (χ3v) is 8.75. The van der Waals surface area contributed by atoms with Gasteiger partial charge in [-0.05, 0) is 51.9 Å². The fourth-order valence-electron chi connectivity index (χ4n) is 6.30. The van der Waals surface area contributed by atoms with E-state index in [0.717, 1.165) is 66.1 Å². The van der Waals surface area contributed by atoms with Crippen molar-refractivity contribution in [3.05, 3.63) is 164 Å². The molecule has 4 nitrogen and oxygen atoms in total. The number of furan rings is 1. The summed E-state index contributed by atoms with van der Waals surface area (Å²) in [6, 6.07) is 56.4. The van der Waals surface area contributed by atoms with Crippen molar-refractivity contribution in [3.8, 4) is 56.4 Å². The molecule has 0 bridgehead atoms. The lowest BCUT2D eigenvalue weighted by Crippen LogP contribution is -2.00. The number of rotatable bonds is 5. The van der Waals surface area contributed by atoms with Crippen LogP contribution in [0.3, 0.4) is 0 Å². The Balaban J connectivity index is 1.08. The Morgan fingerprint density at radius 3 is 1.40 bits per heavy atom. The Morgan fingerprint density at radius 1 is 0.319 bits per heavy atom. The summed E-state index contributed by atoms with van der Waals surface area (Å²) in [7, 11) is 0. The SMILES string of the molecule is c1ccc(-c2ccc(-c3nc(-c4ccccc4)nc(-c4ccc(-c5ccc6c(ccc7c8ccccc8oc67)c5)cc4)n3)cc2)cc1. The molecule has 0 aliphatic heterocycles. The summed E-state index contributed by atoms with van der Waals surface area (Å²) in [5.41, 5.74) is 9.25. The summed E-state index contributed by atoms with van der Waals surface area (Å²) in [4.78, 5) is 14.8. The molecule has 2 aromatic heterocycles. The van der Waals surface area contributed by atoms with Gasteiger partial charge in [-0.1, -0.05) is 140 Å². The molecular weight excluding hydrogens is 574 g/mol. The molecular formula is C43H27N3O. The lowest BCUT2D eigenvalue weighted by atomic mass is 9.99. The van der Waals surface area contributed by atoms with Gasteiger partial charge in [-0.3, -0.25) is 0 Å². The number of hydrogen-bond acceptors (Lipinski definition) is 4. The molecule has 0 radical (unpaired) electrons. The van der Waals surface area contributed by atoms with Gasteiger partial charge in [-0.25, -0.2) is 15.0 Å². The van der Waals surface area contributed by atoms with Crippen molar-refractivity contribution in [2.24, 2.45) is 0 Å². The monoisotopic (exact) mass is 601 g/mol. The van der Waals surface area contributed by atoms with Gasteiger partial charge in [0.25, 0.3) is 0 Å². The van der Waals surface area contributed by atoms with Crippen LogP contribution in [0.25, 0.3) is 89.1 Å². The van der Waals surface area contributed by atoms with Crippen LogP contribution in [0, 0.1) is 0 Å². The predicted octanol–water partition coefficient (Wildman–Crippen LogP) is 11.3. The Hall–Kier alpha value is -6.39. The van der Waals surface area contributed by atoms with E-state index in [1.807, 2.05) is 48.5 Å². The van der Waals surface area contributed by atoms with Gasteiger partial charge in [0, 0.05) is 32.8 Å². The first-order valence-corrected chi connectivity index (χ1v) is 15.7. The molecule has 0 aliphatic carbocycles. The largest absolute Gasteiger partial charge is 0.455 e. The normalized spacial score (nSPS) is 11.4. The Bertz CT molecular complexity index is 2540. The first-order valence-electron chi connectivity index (χ1n) is 15.7. The maximum atomic E-state index is 6.27. The zero-order valence-electron chi connectivity index (χ0n) is 25.3. The van der Waals surface area contributed by atoms with E-state index in [1.54, 1.807) is 0 Å². The smallest absolute Gasteiger partial charge is 0.164 e. The van der Waals surface area contributed by atoms with Crippen LogP contribution < -0.4 is 0 Å². The fraction of sp³-hybridized carbons (Fsp3) is 0. The summed E-state index contributed by atoms with van der Waals surface area (Å²) in [6.45, 7) is 0. The number of benzene rings is 7. The molecule has 47 heavy (non-hydrogen) atoms. The maximum Gasteiger partial charge on any atom is 0.164 e. The molecule has 0 atom stereocenters. The molecule has 0 N–H and O–H groups in total. The van der Waals surface area contributed by atoms with E-state index in [2.05, 4.69) is 115 Å². The van der Waals surface area contributed by atoms with E-state index in [9.17, 15) is 0 Å². The Labute approximate surface area is 271 Å². The Morgan fingerprint density at radius 2 is 0.766 bits per heavy atom. The second kappa shape index (κ2) is 11.2. The highest BCUT2D eigenvalue weighted by molar-refractivity contribution is 6.15. The molecule has 7 aromatic carbocycles.